The number of anilines is 3. The van der Waals surface area contributed by atoms with Crippen LogP contribution in [0.4, 0.5) is 17.1 Å². The summed E-state index contributed by atoms with van der Waals surface area (Å²) < 4.78 is 6.92. The molecule has 0 aliphatic carbocycles. The lowest BCUT2D eigenvalue weighted by molar-refractivity contribution is 0.674. The summed E-state index contributed by atoms with van der Waals surface area (Å²) in [4.78, 5) is 2.39. The molecule has 0 spiro atoms. The molecule has 2 nitrogen and oxygen atoms in total. The molecular weight excluding hydrogens is 751 g/mol. The summed E-state index contributed by atoms with van der Waals surface area (Å²) in [6.45, 7) is 0. The number of benzene rings is 11. The largest absolute Gasteiger partial charge is 0.455 e. The highest BCUT2D eigenvalue weighted by molar-refractivity contribution is 6.22. The van der Waals surface area contributed by atoms with Crippen LogP contribution in [0.3, 0.4) is 0 Å². The highest BCUT2D eigenvalue weighted by atomic mass is 16.3. The minimum Gasteiger partial charge on any atom is -0.455 e. The van der Waals surface area contributed by atoms with Crippen LogP contribution in [0.1, 0.15) is 0 Å². The van der Waals surface area contributed by atoms with Crippen molar-refractivity contribution in [3.8, 4) is 44.5 Å². The first-order valence-corrected chi connectivity index (χ1v) is 21.3. The van der Waals surface area contributed by atoms with Crippen molar-refractivity contribution in [3.63, 3.8) is 0 Å². The van der Waals surface area contributed by atoms with Crippen LogP contribution in [-0.2, 0) is 0 Å². The molecule has 1 aromatic heterocycles. The molecule has 0 saturated carbocycles. The van der Waals surface area contributed by atoms with E-state index in [1.807, 2.05) is 0 Å². The molecule has 12 rings (SSSR count). The molecule has 0 bridgehead atoms. The third-order valence-corrected chi connectivity index (χ3v) is 12.5. The Morgan fingerprint density at radius 3 is 1.37 bits per heavy atom. The lowest BCUT2D eigenvalue weighted by atomic mass is 9.85. The molecule has 0 fully saturated rings. The van der Waals surface area contributed by atoms with E-state index < -0.39 is 0 Å². The maximum absolute atomic E-state index is 6.92. The SMILES string of the molecule is c1ccc(-c2ccc(N(c3ccc(-c4c(-c5ccccc5)c5ccccc5c5ccccc45)cc3)c3ccccc3-c3cccc4c3oc3c5ccccc5ccc43)cc2)cc1. The number of rotatable bonds is 7. The zero-order valence-electron chi connectivity index (χ0n) is 33.9. The van der Waals surface area contributed by atoms with Crippen molar-refractivity contribution < 1.29 is 4.42 Å². The van der Waals surface area contributed by atoms with Crippen molar-refractivity contribution in [3.05, 3.63) is 237 Å². The minimum absolute atomic E-state index is 0.887. The second-order valence-electron chi connectivity index (χ2n) is 16.0. The molecule has 0 amide bonds. The normalized spacial score (nSPS) is 11.5. The summed E-state index contributed by atoms with van der Waals surface area (Å²) >= 11 is 0. The summed E-state index contributed by atoms with van der Waals surface area (Å²) in [6.07, 6.45) is 0. The lowest BCUT2D eigenvalue weighted by Crippen LogP contribution is -2.11. The van der Waals surface area contributed by atoms with Crippen LogP contribution >= 0.6 is 0 Å². The van der Waals surface area contributed by atoms with Crippen LogP contribution in [0.15, 0.2) is 241 Å². The summed E-state index contributed by atoms with van der Waals surface area (Å²) in [6, 6.07) is 85.3. The number of para-hydroxylation sites is 2. The van der Waals surface area contributed by atoms with E-state index in [-0.39, 0.29) is 0 Å². The molecule has 0 aliphatic rings. The molecule has 290 valence electrons. The quantitative estimate of drug-likeness (QED) is 0.150. The van der Waals surface area contributed by atoms with Crippen LogP contribution in [0.5, 0.6) is 0 Å². The molecule has 0 N–H and O–H groups in total. The fourth-order valence-electron chi connectivity index (χ4n) is 9.62. The van der Waals surface area contributed by atoms with Gasteiger partial charge in [0.25, 0.3) is 0 Å². The molecule has 11 aromatic carbocycles. The first-order chi connectivity index (χ1) is 30.8. The van der Waals surface area contributed by atoms with Gasteiger partial charge in [-0.3, -0.25) is 0 Å². The fourth-order valence-corrected chi connectivity index (χ4v) is 9.62. The monoisotopic (exact) mass is 789 g/mol. The predicted molar refractivity (Wildman–Crippen MR) is 263 cm³/mol. The third kappa shape index (κ3) is 5.88. The highest BCUT2D eigenvalue weighted by Gasteiger charge is 2.22. The van der Waals surface area contributed by atoms with Crippen LogP contribution in [0.25, 0.3) is 98.8 Å². The summed E-state index contributed by atoms with van der Waals surface area (Å²) in [5.41, 5.74) is 14.4. The van der Waals surface area contributed by atoms with Gasteiger partial charge in [-0.2, -0.15) is 0 Å². The topological polar surface area (TPSA) is 16.4 Å². The number of nitrogens with zero attached hydrogens (tertiary/aromatic N) is 1. The Hall–Kier alpha value is -8.20. The first-order valence-electron chi connectivity index (χ1n) is 21.3. The van der Waals surface area contributed by atoms with E-state index in [2.05, 4.69) is 241 Å². The van der Waals surface area contributed by atoms with Gasteiger partial charge in [-0.15, -0.1) is 0 Å². The second-order valence-corrected chi connectivity index (χ2v) is 16.0. The number of hydrogen-bond acceptors (Lipinski definition) is 2. The smallest absolute Gasteiger partial charge is 0.143 e. The average molecular weight is 790 g/mol. The third-order valence-electron chi connectivity index (χ3n) is 12.5. The van der Waals surface area contributed by atoms with Crippen molar-refractivity contribution in [1.29, 1.82) is 0 Å². The Labute approximate surface area is 360 Å². The van der Waals surface area contributed by atoms with E-state index in [0.29, 0.717) is 0 Å². The van der Waals surface area contributed by atoms with Crippen LogP contribution in [0.2, 0.25) is 0 Å². The zero-order valence-corrected chi connectivity index (χ0v) is 33.9. The van der Waals surface area contributed by atoms with Gasteiger partial charge in [0.1, 0.15) is 11.2 Å². The van der Waals surface area contributed by atoms with Gasteiger partial charge in [-0.25, -0.2) is 0 Å². The van der Waals surface area contributed by atoms with Gasteiger partial charge in [0, 0.05) is 38.7 Å². The van der Waals surface area contributed by atoms with E-state index in [1.165, 1.54) is 60.3 Å². The standard InChI is InChI=1S/C60H39NO/c1-3-16-40(17-4-1)41-30-35-45(36-31-41)61(56-29-14-13-24-50(56)53-27-15-28-54-55-39-34-42-18-7-8-21-47(42)59(55)62-60(53)54)46-37-32-44(33-38-46)58-52-26-12-10-23-49(52)48-22-9-11-25-51(48)57(58)43-19-5-2-6-20-43/h1-39H. The maximum atomic E-state index is 6.92. The molecule has 0 saturated heterocycles. The predicted octanol–water partition coefficient (Wildman–Crippen LogP) is 17.2. The molecule has 0 unspecified atom stereocenters. The first kappa shape index (κ1) is 35.7. The van der Waals surface area contributed by atoms with Crippen molar-refractivity contribution >= 4 is 71.3 Å². The van der Waals surface area contributed by atoms with Crippen molar-refractivity contribution in [1.82, 2.24) is 0 Å². The highest BCUT2D eigenvalue weighted by Crippen LogP contribution is 2.48. The van der Waals surface area contributed by atoms with Gasteiger partial charge in [-0.05, 0) is 96.7 Å². The molecule has 0 radical (unpaired) electrons. The van der Waals surface area contributed by atoms with Crippen molar-refractivity contribution in [2.45, 2.75) is 0 Å². The molecule has 62 heavy (non-hydrogen) atoms. The average Bonchev–Trinajstić information content (AvgIpc) is 3.75. The van der Waals surface area contributed by atoms with Crippen LogP contribution < -0.4 is 4.90 Å². The Balaban J connectivity index is 1.06. The Morgan fingerprint density at radius 1 is 0.258 bits per heavy atom. The number of hydrogen-bond donors (Lipinski definition) is 0. The maximum Gasteiger partial charge on any atom is 0.143 e. The molecule has 12 aromatic rings. The second kappa shape index (κ2) is 14.8. The summed E-state index contributed by atoms with van der Waals surface area (Å²) in [7, 11) is 0. The Morgan fingerprint density at radius 2 is 0.710 bits per heavy atom. The van der Waals surface area contributed by atoms with Gasteiger partial charge in [0.15, 0.2) is 0 Å². The van der Waals surface area contributed by atoms with Crippen LogP contribution in [-0.4, -0.2) is 0 Å². The van der Waals surface area contributed by atoms with E-state index in [4.69, 9.17) is 4.42 Å². The lowest BCUT2D eigenvalue weighted by Gasteiger charge is -2.28. The van der Waals surface area contributed by atoms with Gasteiger partial charge in [0.05, 0.1) is 5.69 Å². The summed E-state index contributed by atoms with van der Waals surface area (Å²) in [5.74, 6) is 0. The van der Waals surface area contributed by atoms with Crippen molar-refractivity contribution in [2.24, 2.45) is 0 Å². The fraction of sp³-hybridized carbons (Fsp3) is 0. The molecule has 0 aliphatic heterocycles. The number of furan rings is 1. The summed E-state index contributed by atoms with van der Waals surface area (Å²) in [5, 5.41) is 9.52. The van der Waals surface area contributed by atoms with Crippen molar-refractivity contribution in [2.75, 3.05) is 4.90 Å². The number of fused-ring (bicyclic) bond motifs is 8. The van der Waals surface area contributed by atoms with Gasteiger partial charge in [-0.1, -0.05) is 200 Å². The Kier molecular flexibility index (Phi) is 8.53. The van der Waals surface area contributed by atoms with Gasteiger partial charge in [0.2, 0.25) is 0 Å². The van der Waals surface area contributed by atoms with E-state index in [9.17, 15) is 0 Å². The van der Waals surface area contributed by atoms with Gasteiger partial charge < -0.3 is 9.32 Å². The van der Waals surface area contributed by atoms with Gasteiger partial charge >= 0.3 is 0 Å². The van der Waals surface area contributed by atoms with E-state index in [0.717, 1.165) is 55.5 Å². The Bertz CT molecular complexity index is 3610. The molecular formula is C60H39NO. The molecule has 2 heteroatoms. The van der Waals surface area contributed by atoms with E-state index >= 15 is 0 Å². The molecule has 1 heterocycles. The minimum atomic E-state index is 0.887. The van der Waals surface area contributed by atoms with E-state index in [1.54, 1.807) is 0 Å². The van der Waals surface area contributed by atoms with Crippen LogP contribution in [0, 0.1) is 0 Å². The molecule has 0 atom stereocenters. The zero-order chi connectivity index (χ0) is 41.0.